The maximum absolute atomic E-state index is 12.5. The lowest BCUT2D eigenvalue weighted by Crippen LogP contribution is -2.51. The summed E-state index contributed by atoms with van der Waals surface area (Å²) in [5, 5.41) is 6.50. The molecule has 1 aromatic rings. The third-order valence-electron chi connectivity index (χ3n) is 5.15. The molecule has 1 saturated carbocycles. The predicted molar refractivity (Wildman–Crippen MR) is 114 cm³/mol. The van der Waals surface area contributed by atoms with Gasteiger partial charge in [0.1, 0.15) is 0 Å². The topological polar surface area (TPSA) is 67.4 Å². The van der Waals surface area contributed by atoms with Crippen LogP contribution in [0.4, 0.5) is 0 Å². The molecule has 2 N–H and O–H groups in total. The van der Waals surface area contributed by atoms with E-state index in [1.807, 2.05) is 50.3 Å². The zero-order valence-corrected chi connectivity index (χ0v) is 17.5. The molecule has 3 rings (SSSR count). The summed E-state index contributed by atoms with van der Waals surface area (Å²) in [5.74, 6) is 0.0580. The second kappa shape index (κ2) is 10.1. The van der Waals surface area contributed by atoms with Gasteiger partial charge in [-0.05, 0) is 51.2 Å². The van der Waals surface area contributed by atoms with E-state index < -0.39 is 0 Å². The first-order valence-electron chi connectivity index (χ1n) is 10.2. The molecule has 5 nitrogen and oxygen atoms in total. The highest BCUT2D eigenvalue weighted by molar-refractivity contribution is 8.04. The number of ether oxygens (including phenoxy) is 1. The number of carbonyl (C=O) groups excluding carboxylic acids is 2. The van der Waals surface area contributed by atoms with Crippen LogP contribution in [0.3, 0.4) is 0 Å². The smallest absolute Gasteiger partial charge is 0.257 e. The summed E-state index contributed by atoms with van der Waals surface area (Å²) in [6, 6.07) is 9.98. The van der Waals surface area contributed by atoms with Gasteiger partial charge in [0.25, 0.3) is 5.91 Å². The van der Waals surface area contributed by atoms with Crippen molar-refractivity contribution in [2.75, 3.05) is 13.2 Å². The monoisotopic (exact) mass is 402 g/mol. The van der Waals surface area contributed by atoms with Crippen molar-refractivity contribution in [1.29, 1.82) is 0 Å². The fourth-order valence-corrected chi connectivity index (χ4v) is 4.97. The van der Waals surface area contributed by atoms with Crippen LogP contribution in [0, 0.1) is 5.92 Å². The molecule has 28 heavy (non-hydrogen) atoms. The van der Waals surface area contributed by atoms with Crippen LogP contribution in [-0.4, -0.2) is 42.4 Å². The van der Waals surface area contributed by atoms with Crippen molar-refractivity contribution < 1.29 is 14.3 Å². The minimum absolute atomic E-state index is 0.0205. The summed E-state index contributed by atoms with van der Waals surface area (Å²) in [7, 11) is 0. The Morgan fingerprint density at radius 2 is 2.11 bits per heavy atom. The first kappa shape index (κ1) is 20.9. The largest absolute Gasteiger partial charge is 0.379 e. The maximum atomic E-state index is 12.5. The van der Waals surface area contributed by atoms with E-state index in [1.165, 1.54) is 0 Å². The van der Waals surface area contributed by atoms with Gasteiger partial charge in [-0.2, -0.15) is 0 Å². The molecule has 0 spiro atoms. The summed E-state index contributed by atoms with van der Waals surface area (Å²) in [4.78, 5) is 25.8. The lowest BCUT2D eigenvalue weighted by molar-refractivity contribution is -0.127. The number of hydrogen-bond acceptors (Lipinski definition) is 4. The highest BCUT2D eigenvalue weighted by atomic mass is 32.2. The zero-order valence-electron chi connectivity index (χ0n) is 16.6. The number of nitrogens with one attached hydrogen (secondary N) is 2. The summed E-state index contributed by atoms with van der Waals surface area (Å²) < 4.78 is 5.50. The van der Waals surface area contributed by atoms with Gasteiger partial charge in [0.05, 0.1) is 11.0 Å². The molecule has 2 aliphatic rings. The number of carbonyl (C=O) groups is 2. The van der Waals surface area contributed by atoms with Gasteiger partial charge >= 0.3 is 0 Å². The van der Waals surface area contributed by atoms with Crippen molar-refractivity contribution in [3.63, 3.8) is 0 Å². The molecular weight excluding hydrogens is 372 g/mol. The van der Waals surface area contributed by atoms with Gasteiger partial charge in [0.15, 0.2) is 0 Å². The Hall–Kier alpha value is -1.79. The quantitative estimate of drug-likeness (QED) is 0.542. The molecule has 152 valence electrons. The Bertz CT molecular complexity index is 705. The van der Waals surface area contributed by atoms with Gasteiger partial charge in [-0.25, -0.2) is 0 Å². The minimum atomic E-state index is -0.0259. The van der Waals surface area contributed by atoms with Gasteiger partial charge in [-0.1, -0.05) is 30.3 Å². The van der Waals surface area contributed by atoms with Crippen molar-refractivity contribution in [3.8, 4) is 0 Å². The van der Waals surface area contributed by atoms with Crippen molar-refractivity contribution in [2.45, 2.75) is 56.9 Å². The van der Waals surface area contributed by atoms with E-state index in [2.05, 4.69) is 10.6 Å². The number of rotatable bonds is 7. The second-order valence-electron chi connectivity index (χ2n) is 7.73. The first-order chi connectivity index (χ1) is 13.5. The van der Waals surface area contributed by atoms with E-state index in [-0.39, 0.29) is 29.9 Å². The number of thioether (sulfide) groups is 1. The highest BCUT2D eigenvalue weighted by Crippen LogP contribution is 2.39. The van der Waals surface area contributed by atoms with Crippen LogP contribution < -0.4 is 10.6 Å². The van der Waals surface area contributed by atoms with E-state index in [1.54, 1.807) is 11.8 Å². The fraction of sp³-hybridized carbons (Fsp3) is 0.545. The van der Waals surface area contributed by atoms with E-state index in [0.717, 1.165) is 36.2 Å². The van der Waals surface area contributed by atoms with Crippen molar-refractivity contribution >= 4 is 29.7 Å². The SMILES string of the molecule is CC(C)OCCCNC(=O)C1CCC2S/C(=C\c3ccccc3)C(=O)NC2C1. The van der Waals surface area contributed by atoms with Crippen molar-refractivity contribution in [1.82, 2.24) is 10.6 Å². The van der Waals surface area contributed by atoms with E-state index in [4.69, 9.17) is 4.74 Å². The van der Waals surface area contributed by atoms with Gasteiger partial charge in [0, 0.05) is 30.4 Å². The van der Waals surface area contributed by atoms with Gasteiger partial charge < -0.3 is 15.4 Å². The summed E-state index contributed by atoms with van der Waals surface area (Å²) in [6.45, 7) is 5.32. The molecule has 0 radical (unpaired) electrons. The molecule has 1 aliphatic heterocycles. The standard InChI is InChI=1S/C22H30N2O3S/c1-15(2)27-12-6-11-23-21(25)17-9-10-19-18(14-17)24-22(26)20(28-19)13-16-7-4-3-5-8-16/h3-5,7-8,13,15,17-19H,6,9-12,14H2,1-2H3,(H,23,25)(H,24,26)/b20-13-. The normalized spacial score (nSPS) is 26.0. The molecule has 6 heteroatoms. The van der Waals surface area contributed by atoms with Crippen LogP contribution in [-0.2, 0) is 14.3 Å². The average Bonchev–Trinajstić information content (AvgIpc) is 2.68. The third-order valence-corrected chi connectivity index (χ3v) is 6.57. The molecule has 1 heterocycles. The summed E-state index contributed by atoms with van der Waals surface area (Å²) >= 11 is 1.66. The fourth-order valence-electron chi connectivity index (χ4n) is 3.68. The lowest BCUT2D eigenvalue weighted by Gasteiger charge is -2.39. The zero-order chi connectivity index (χ0) is 19.9. The first-order valence-corrected chi connectivity index (χ1v) is 11.0. The van der Waals surface area contributed by atoms with Crippen LogP contribution in [0.5, 0.6) is 0 Å². The van der Waals surface area contributed by atoms with E-state index >= 15 is 0 Å². The predicted octanol–water partition coefficient (Wildman–Crippen LogP) is 3.36. The summed E-state index contributed by atoms with van der Waals surface area (Å²) in [5.41, 5.74) is 1.04. The number of fused-ring (bicyclic) bond motifs is 1. The van der Waals surface area contributed by atoms with Crippen LogP contribution in [0.15, 0.2) is 35.2 Å². The number of hydrogen-bond donors (Lipinski definition) is 2. The Morgan fingerprint density at radius 3 is 2.86 bits per heavy atom. The van der Waals surface area contributed by atoms with Gasteiger partial charge in [0.2, 0.25) is 5.91 Å². The van der Waals surface area contributed by atoms with E-state index in [0.29, 0.717) is 18.4 Å². The minimum Gasteiger partial charge on any atom is -0.379 e. The average molecular weight is 403 g/mol. The molecule has 2 fully saturated rings. The molecule has 2 amide bonds. The Kier molecular flexibility index (Phi) is 7.57. The van der Waals surface area contributed by atoms with Gasteiger partial charge in [-0.15, -0.1) is 11.8 Å². The number of amides is 2. The van der Waals surface area contributed by atoms with Gasteiger partial charge in [-0.3, -0.25) is 9.59 Å². The highest BCUT2D eigenvalue weighted by Gasteiger charge is 2.39. The maximum Gasteiger partial charge on any atom is 0.257 e. The van der Waals surface area contributed by atoms with Crippen molar-refractivity contribution in [3.05, 3.63) is 40.8 Å². The molecule has 1 aliphatic carbocycles. The molecule has 0 bridgehead atoms. The Morgan fingerprint density at radius 1 is 1.32 bits per heavy atom. The van der Waals surface area contributed by atoms with Crippen LogP contribution in [0.2, 0.25) is 0 Å². The van der Waals surface area contributed by atoms with Crippen LogP contribution >= 0.6 is 11.8 Å². The van der Waals surface area contributed by atoms with E-state index in [9.17, 15) is 9.59 Å². The number of benzene rings is 1. The molecule has 0 aromatic heterocycles. The summed E-state index contributed by atoms with van der Waals surface area (Å²) in [6.07, 6.45) is 5.53. The lowest BCUT2D eigenvalue weighted by atomic mass is 9.84. The van der Waals surface area contributed by atoms with Crippen LogP contribution in [0.1, 0.15) is 45.1 Å². The van der Waals surface area contributed by atoms with Crippen molar-refractivity contribution in [2.24, 2.45) is 5.92 Å². The molecule has 3 atom stereocenters. The Labute approximate surface area is 171 Å². The molecule has 1 aromatic carbocycles. The molecule has 1 saturated heterocycles. The Balaban J connectivity index is 1.48. The third kappa shape index (κ3) is 5.85. The molecule has 3 unspecified atom stereocenters. The second-order valence-corrected chi connectivity index (χ2v) is 9.01. The molecular formula is C22H30N2O3S. The van der Waals surface area contributed by atoms with Crippen LogP contribution in [0.25, 0.3) is 6.08 Å².